The molecule has 137 valence electrons. The quantitative estimate of drug-likeness (QED) is 0.338. The van der Waals surface area contributed by atoms with Crippen molar-refractivity contribution in [1.29, 1.82) is 0 Å². The normalized spacial score (nSPS) is 8.96. The van der Waals surface area contributed by atoms with E-state index in [1.165, 1.54) is 12.1 Å². The van der Waals surface area contributed by atoms with Crippen LogP contribution in [-0.4, -0.2) is 31.7 Å². The summed E-state index contributed by atoms with van der Waals surface area (Å²) in [4.78, 5) is 0. The molecule has 0 bridgehead atoms. The van der Waals surface area contributed by atoms with Crippen LogP contribution in [0.4, 0.5) is 0 Å². The number of hydrogen-bond acceptors (Lipinski definition) is 0. The van der Waals surface area contributed by atoms with Crippen molar-refractivity contribution in [3.05, 3.63) is 48.6 Å². The van der Waals surface area contributed by atoms with Gasteiger partial charge in [0, 0.05) is 5.56 Å². The lowest BCUT2D eigenvalue weighted by Crippen LogP contribution is -2.38. The first-order valence-electron chi connectivity index (χ1n) is 7.98. The molecule has 0 aromatic heterocycles. The van der Waals surface area contributed by atoms with Gasteiger partial charge in [-0.3, -0.25) is 0 Å². The standard InChI is InChI=1S/C11H18N.C5H11O.C3H6.2ClH/c1-4-12(2,3)10-11-8-6-5-7-9-11;1-2-3-4-5-6;1-3-2;;/h5-9H,4,10H2,1-3H3;2-5H2,1H3;3H,1H2,2H3;2*1H/q+1;;;;. The number of benzene rings is 1. The maximum atomic E-state index is 9.69. The lowest BCUT2D eigenvalue weighted by Gasteiger charge is -2.28. The van der Waals surface area contributed by atoms with Crippen LogP contribution in [-0.2, 0) is 11.7 Å². The Morgan fingerprint density at radius 1 is 1.04 bits per heavy atom. The third kappa shape index (κ3) is 23.8. The predicted molar refractivity (Wildman–Crippen MR) is 108 cm³/mol. The van der Waals surface area contributed by atoms with Crippen molar-refractivity contribution in [3.8, 4) is 0 Å². The zero-order chi connectivity index (χ0) is 16.6. The molecule has 0 fully saturated rings. The second kappa shape index (κ2) is 21.5. The summed E-state index contributed by atoms with van der Waals surface area (Å²) in [5, 5.41) is 9.69. The summed E-state index contributed by atoms with van der Waals surface area (Å²) in [6.45, 7) is 12.0. The molecule has 0 saturated carbocycles. The van der Waals surface area contributed by atoms with Crippen LogP contribution in [0.2, 0.25) is 0 Å². The molecule has 0 saturated heterocycles. The fourth-order valence-corrected chi connectivity index (χ4v) is 1.54. The van der Waals surface area contributed by atoms with E-state index >= 15 is 0 Å². The molecule has 0 atom stereocenters. The van der Waals surface area contributed by atoms with Gasteiger partial charge in [-0.05, 0) is 20.3 Å². The molecule has 0 spiro atoms. The van der Waals surface area contributed by atoms with Crippen LogP contribution >= 0.6 is 24.8 Å². The van der Waals surface area contributed by atoms with Gasteiger partial charge in [0.25, 0.3) is 0 Å². The molecule has 4 heteroatoms. The number of quaternary nitrogens is 1. The van der Waals surface area contributed by atoms with Crippen LogP contribution in [0, 0.1) is 0 Å². The molecule has 1 radical (unpaired) electrons. The highest BCUT2D eigenvalue weighted by molar-refractivity contribution is 5.85. The summed E-state index contributed by atoms with van der Waals surface area (Å²) < 4.78 is 1.06. The molecule has 0 aliphatic rings. The molecule has 0 amide bonds. The third-order valence-electron chi connectivity index (χ3n) is 3.06. The highest BCUT2D eigenvalue weighted by atomic mass is 35.5. The number of rotatable bonds is 6. The molecule has 23 heavy (non-hydrogen) atoms. The Labute approximate surface area is 157 Å². The van der Waals surface area contributed by atoms with Gasteiger partial charge < -0.3 is 4.48 Å². The summed E-state index contributed by atoms with van der Waals surface area (Å²) in [5.74, 6) is 0. The number of allylic oxidation sites excluding steroid dienone is 1. The highest BCUT2D eigenvalue weighted by Gasteiger charge is 2.11. The van der Waals surface area contributed by atoms with E-state index in [2.05, 4.69) is 64.9 Å². The Morgan fingerprint density at radius 3 is 1.83 bits per heavy atom. The Kier molecular flexibility index (Phi) is 28.3. The molecule has 0 aliphatic carbocycles. The van der Waals surface area contributed by atoms with Gasteiger partial charge in [-0.25, -0.2) is 5.11 Å². The predicted octanol–water partition coefficient (Wildman–Crippen LogP) is 5.93. The van der Waals surface area contributed by atoms with Crippen LogP contribution in [0.15, 0.2) is 43.0 Å². The largest absolute Gasteiger partial charge is 0.325 e. The van der Waals surface area contributed by atoms with Gasteiger partial charge in [-0.2, -0.15) is 0 Å². The van der Waals surface area contributed by atoms with E-state index < -0.39 is 0 Å². The zero-order valence-corrected chi connectivity index (χ0v) is 17.2. The highest BCUT2D eigenvalue weighted by Crippen LogP contribution is 2.07. The van der Waals surface area contributed by atoms with E-state index in [-0.39, 0.29) is 31.4 Å². The lowest BCUT2D eigenvalue weighted by atomic mass is 10.2. The average Bonchev–Trinajstić information content (AvgIpc) is 2.47. The van der Waals surface area contributed by atoms with Crippen molar-refractivity contribution >= 4 is 24.8 Å². The van der Waals surface area contributed by atoms with E-state index in [1.807, 2.05) is 6.92 Å². The minimum absolute atomic E-state index is 0. The minimum atomic E-state index is 0. The molecule has 1 aromatic carbocycles. The lowest BCUT2D eigenvalue weighted by molar-refractivity contribution is -0.901. The van der Waals surface area contributed by atoms with E-state index in [4.69, 9.17) is 0 Å². The molecule has 0 heterocycles. The van der Waals surface area contributed by atoms with Gasteiger partial charge in [-0.15, -0.1) is 31.4 Å². The van der Waals surface area contributed by atoms with Crippen molar-refractivity contribution < 1.29 is 9.59 Å². The SMILES string of the molecule is C=CC.CCCCC[O].CC[N+](C)(C)Cc1ccccc1.Cl.Cl. The van der Waals surface area contributed by atoms with Gasteiger partial charge in [0.1, 0.15) is 6.54 Å². The van der Waals surface area contributed by atoms with Crippen molar-refractivity contribution in [1.82, 2.24) is 0 Å². The molecule has 2 nitrogen and oxygen atoms in total. The molecule has 0 N–H and O–H groups in total. The monoisotopic (exact) mass is 365 g/mol. The summed E-state index contributed by atoms with van der Waals surface area (Å²) in [6.07, 6.45) is 4.86. The molecule has 0 unspecified atom stereocenters. The average molecular weight is 366 g/mol. The maximum absolute atomic E-state index is 9.69. The number of hydrogen-bond donors (Lipinski definition) is 0. The summed E-state index contributed by atoms with van der Waals surface area (Å²) in [7, 11) is 4.51. The second-order valence-electron chi connectivity index (χ2n) is 5.72. The van der Waals surface area contributed by atoms with Crippen LogP contribution in [0.5, 0.6) is 0 Å². The first-order chi connectivity index (χ1) is 9.97. The van der Waals surface area contributed by atoms with E-state index in [9.17, 15) is 5.11 Å². The minimum Gasteiger partial charge on any atom is -0.325 e. The van der Waals surface area contributed by atoms with Crippen LogP contribution in [0.3, 0.4) is 0 Å². The summed E-state index contributed by atoms with van der Waals surface area (Å²) in [6, 6.07) is 10.6. The van der Waals surface area contributed by atoms with Gasteiger partial charge in [0.2, 0.25) is 0 Å². The van der Waals surface area contributed by atoms with Crippen molar-refractivity contribution in [2.24, 2.45) is 0 Å². The molecular formula is C19H37Cl2NO+. The van der Waals surface area contributed by atoms with Crippen LogP contribution in [0.1, 0.15) is 45.6 Å². The van der Waals surface area contributed by atoms with E-state index in [0.29, 0.717) is 0 Å². The third-order valence-corrected chi connectivity index (χ3v) is 3.06. The number of unbranched alkanes of at least 4 members (excludes halogenated alkanes) is 2. The molecular weight excluding hydrogens is 329 g/mol. The van der Waals surface area contributed by atoms with Crippen molar-refractivity contribution in [2.45, 2.75) is 46.6 Å². The van der Waals surface area contributed by atoms with Gasteiger partial charge in [0.05, 0.1) is 27.2 Å². The van der Waals surface area contributed by atoms with E-state index in [0.717, 1.165) is 30.3 Å². The molecule has 1 aromatic rings. The fraction of sp³-hybridized carbons (Fsp3) is 0.579. The Balaban J connectivity index is -0.000000141. The van der Waals surface area contributed by atoms with Crippen molar-refractivity contribution in [2.75, 3.05) is 27.2 Å². The Hall–Kier alpha value is -0.540. The first kappa shape index (κ1) is 30.4. The van der Waals surface area contributed by atoms with Crippen molar-refractivity contribution in [3.63, 3.8) is 0 Å². The fourth-order valence-electron chi connectivity index (χ4n) is 1.54. The first-order valence-corrected chi connectivity index (χ1v) is 7.98. The second-order valence-corrected chi connectivity index (χ2v) is 5.72. The summed E-state index contributed by atoms with van der Waals surface area (Å²) >= 11 is 0. The van der Waals surface area contributed by atoms with Gasteiger partial charge in [-0.1, -0.05) is 56.2 Å². The van der Waals surface area contributed by atoms with Gasteiger partial charge >= 0.3 is 0 Å². The smallest absolute Gasteiger partial charge is 0.104 e. The maximum Gasteiger partial charge on any atom is 0.104 e. The topological polar surface area (TPSA) is 19.9 Å². The van der Waals surface area contributed by atoms with E-state index in [1.54, 1.807) is 6.08 Å². The number of halogens is 2. The van der Waals surface area contributed by atoms with Crippen LogP contribution in [0.25, 0.3) is 0 Å². The molecule has 1 rings (SSSR count). The van der Waals surface area contributed by atoms with Crippen LogP contribution < -0.4 is 0 Å². The Morgan fingerprint density at radius 2 is 1.52 bits per heavy atom. The zero-order valence-electron chi connectivity index (χ0n) is 15.6. The number of nitrogens with zero attached hydrogens (tertiary/aromatic N) is 1. The Bertz CT molecular complexity index is 325. The molecule has 0 aliphatic heterocycles. The summed E-state index contributed by atoms with van der Waals surface area (Å²) in [5.41, 5.74) is 1.42. The van der Waals surface area contributed by atoms with Gasteiger partial charge in [0.15, 0.2) is 0 Å².